The third-order valence-corrected chi connectivity index (χ3v) is 5.39. The summed E-state index contributed by atoms with van der Waals surface area (Å²) >= 11 is 1.97. The van der Waals surface area contributed by atoms with Crippen LogP contribution in [0.3, 0.4) is 0 Å². The van der Waals surface area contributed by atoms with E-state index in [2.05, 4.69) is 45.3 Å². The Morgan fingerprint density at radius 1 is 1.53 bits per heavy atom. The van der Waals surface area contributed by atoms with E-state index >= 15 is 0 Å². The van der Waals surface area contributed by atoms with Crippen molar-refractivity contribution in [2.45, 2.75) is 45.6 Å². The van der Waals surface area contributed by atoms with E-state index in [0.29, 0.717) is 11.5 Å². The van der Waals surface area contributed by atoms with Gasteiger partial charge in [-0.25, -0.2) is 0 Å². The molecule has 0 amide bonds. The highest BCUT2D eigenvalue weighted by Gasteiger charge is 2.50. The van der Waals surface area contributed by atoms with Crippen LogP contribution in [-0.4, -0.2) is 13.1 Å². The lowest BCUT2D eigenvalue weighted by Crippen LogP contribution is -2.55. The van der Waals surface area contributed by atoms with Crippen molar-refractivity contribution >= 4 is 11.3 Å². The molecular formula is C13H21NS. The number of hydrogen-bond acceptors (Lipinski definition) is 2. The first-order chi connectivity index (χ1) is 7.11. The van der Waals surface area contributed by atoms with Gasteiger partial charge in [0.05, 0.1) is 0 Å². The van der Waals surface area contributed by atoms with Gasteiger partial charge in [0.2, 0.25) is 0 Å². The van der Waals surface area contributed by atoms with Crippen LogP contribution in [0.5, 0.6) is 0 Å². The standard InChI is InChI=1S/C13H21NS/c1-5-13(3)10(8-12(13)14-4)11-7-6-9(2)15-11/h6-7,10,12,14H,5,8H2,1-4H3. The zero-order valence-electron chi connectivity index (χ0n) is 10.1. The van der Waals surface area contributed by atoms with E-state index in [9.17, 15) is 0 Å². The van der Waals surface area contributed by atoms with Crippen molar-refractivity contribution in [3.8, 4) is 0 Å². The van der Waals surface area contributed by atoms with Crippen molar-refractivity contribution < 1.29 is 0 Å². The molecule has 1 fully saturated rings. The topological polar surface area (TPSA) is 12.0 Å². The van der Waals surface area contributed by atoms with Gasteiger partial charge < -0.3 is 5.32 Å². The third kappa shape index (κ3) is 1.64. The molecule has 0 aliphatic heterocycles. The molecular weight excluding hydrogens is 202 g/mol. The van der Waals surface area contributed by atoms with Crippen LogP contribution in [0.25, 0.3) is 0 Å². The van der Waals surface area contributed by atoms with E-state index in [4.69, 9.17) is 0 Å². The number of rotatable bonds is 3. The summed E-state index contributed by atoms with van der Waals surface area (Å²) in [6.07, 6.45) is 2.57. The van der Waals surface area contributed by atoms with Gasteiger partial charge in [-0.2, -0.15) is 0 Å². The van der Waals surface area contributed by atoms with Gasteiger partial charge in [0, 0.05) is 21.7 Å². The highest BCUT2D eigenvalue weighted by Crippen LogP contribution is 2.55. The van der Waals surface area contributed by atoms with Crippen LogP contribution in [-0.2, 0) is 0 Å². The van der Waals surface area contributed by atoms with Gasteiger partial charge in [-0.15, -0.1) is 11.3 Å². The van der Waals surface area contributed by atoms with Gasteiger partial charge in [-0.05, 0) is 44.4 Å². The molecule has 84 valence electrons. The molecule has 3 unspecified atom stereocenters. The van der Waals surface area contributed by atoms with E-state index in [1.54, 1.807) is 4.88 Å². The van der Waals surface area contributed by atoms with Crippen LogP contribution < -0.4 is 5.32 Å². The molecule has 1 aliphatic carbocycles. The summed E-state index contributed by atoms with van der Waals surface area (Å²) in [4.78, 5) is 3.03. The lowest BCUT2D eigenvalue weighted by atomic mass is 9.55. The van der Waals surface area contributed by atoms with Crippen molar-refractivity contribution in [2.75, 3.05) is 7.05 Å². The monoisotopic (exact) mass is 223 g/mol. The summed E-state index contributed by atoms with van der Waals surface area (Å²) < 4.78 is 0. The molecule has 3 atom stereocenters. The first kappa shape index (κ1) is 11.2. The van der Waals surface area contributed by atoms with Gasteiger partial charge in [-0.3, -0.25) is 0 Å². The Balaban J connectivity index is 2.19. The smallest absolute Gasteiger partial charge is 0.0130 e. The normalized spacial score (nSPS) is 35.2. The van der Waals surface area contributed by atoms with E-state index in [1.807, 2.05) is 11.3 Å². The molecule has 0 saturated heterocycles. The molecule has 0 spiro atoms. The molecule has 0 bridgehead atoms. The first-order valence-electron chi connectivity index (χ1n) is 5.85. The molecule has 1 aliphatic rings. The van der Waals surface area contributed by atoms with Crippen molar-refractivity contribution in [3.63, 3.8) is 0 Å². The molecule has 0 radical (unpaired) electrons. The maximum Gasteiger partial charge on any atom is 0.0130 e. The van der Waals surface area contributed by atoms with Gasteiger partial charge in [0.15, 0.2) is 0 Å². The van der Waals surface area contributed by atoms with Gasteiger partial charge in [0.1, 0.15) is 0 Å². The van der Waals surface area contributed by atoms with Crippen molar-refractivity contribution in [2.24, 2.45) is 5.41 Å². The minimum absolute atomic E-state index is 0.464. The van der Waals surface area contributed by atoms with E-state index < -0.39 is 0 Å². The number of thiophene rings is 1. The van der Waals surface area contributed by atoms with Crippen molar-refractivity contribution in [3.05, 3.63) is 21.9 Å². The van der Waals surface area contributed by atoms with E-state index in [-0.39, 0.29) is 0 Å². The van der Waals surface area contributed by atoms with Crippen LogP contribution in [0.4, 0.5) is 0 Å². The summed E-state index contributed by atoms with van der Waals surface area (Å²) in [6, 6.07) is 5.28. The van der Waals surface area contributed by atoms with Gasteiger partial charge in [0.25, 0.3) is 0 Å². The largest absolute Gasteiger partial charge is 0.316 e. The molecule has 1 aromatic rings. The van der Waals surface area contributed by atoms with E-state index in [1.165, 1.54) is 17.7 Å². The summed E-state index contributed by atoms with van der Waals surface area (Å²) in [6.45, 7) is 6.94. The molecule has 2 rings (SSSR count). The molecule has 1 aromatic heterocycles. The maximum absolute atomic E-state index is 3.45. The van der Waals surface area contributed by atoms with Gasteiger partial charge >= 0.3 is 0 Å². The fourth-order valence-electron chi connectivity index (χ4n) is 2.88. The predicted octanol–water partition coefficient (Wildman–Crippen LogP) is 3.55. The average Bonchev–Trinajstić information content (AvgIpc) is 2.62. The summed E-state index contributed by atoms with van der Waals surface area (Å²) in [7, 11) is 2.09. The molecule has 2 heteroatoms. The van der Waals surface area contributed by atoms with Crippen LogP contribution in [0.15, 0.2) is 12.1 Å². The zero-order valence-corrected chi connectivity index (χ0v) is 10.9. The SMILES string of the molecule is CCC1(C)C(NC)CC1c1ccc(C)s1. The number of nitrogens with one attached hydrogen (secondary N) is 1. The van der Waals surface area contributed by atoms with Crippen LogP contribution in [0.2, 0.25) is 0 Å². The second-order valence-corrected chi connectivity index (χ2v) is 6.26. The molecule has 1 heterocycles. The summed E-state index contributed by atoms with van der Waals surface area (Å²) in [5.41, 5.74) is 0.464. The second kappa shape index (κ2) is 3.91. The average molecular weight is 223 g/mol. The highest BCUT2D eigenvalue weighted by molar-refractivity contribution is 7.12. The number of hydrogen-bond donors (Lipinski definition) is 1. The Kier molecular flexibility index (Phi) is 2.91. The Labute approximate surface area is 96.9 Å². The number of aryl methyl sites for hydroxylation is 1. The minimum atomic E-state index is 0.464. The Morgan fingerprint density at radius 3 is 2.73 bits per heavy atom. The first-order valence-corrected chi connectivity index (χ1v) is 6.67. The molecule has 1 N–H and O–H groups in total. The Hall–Kier alpha value is -0.340. The molecule has 1 nitrogen and oxygen atoms in total. The van der Waals surface area contributed by atoms with Crippen LogP contribution in [0.1, 0.15) is 42.4 Å². The predicted molar refractivity (Wildman–Crippen MR) is 67.7 cm³/mol. The second-order valence-electron chi connectivity index (χ2n) is 4.94. The van der Waals surface area contributed by atoms with E-state index in [0.717, 1.165) is 5.92 Å². The van der Waals surface area contributed by atoms with Gasteiger partial charge in [-0.1, -0.05) is 13.8 Å². The quantitative estimate of drug-likeness (QED) is 0.826. The summed E-state index contributed by atoms with van der Waals surface area (Å²) in [5.74, 6) is 0.777. The highest BCUT2D eigenvalue weighted by atomic mass is 32.1. The van der Waals surface area contributed by atoms with Crippen LogP contribution >= 0.6 is 11.3 Å². The fraction of sp³-hybridized carbons (Fsp3) is 0.692. The lowest BCUT2D eigenvalue weighted by molar-refractivity contribution is 0.0515. The molecule has 15 heavy (non-hydrogen) atoms. The van der Waals surface area contributed by atoms with Crippen LogP contribution in [0, 0.1) is 12.3 Å². The lowest BCUT2D eigenvalue weighted by Gasteiger charge is -2.54. The third-order valence-electron chi connectivity index (χ3n) is 4.28. The molecule has 1 saturated carbocycles. The zero-order chi connectivity index (χ0) is 11.1. The minimum Gasteiger partial charge on any atom is -0.316 e. The van der Waals surface area contributed by atoms with Crippen molar-refractivity contribution in [1.82, 2.24) is 5.32 Å². The fourth-order valence-corrected chi connectivity index (χ4v) is 4.03. The summed E-state index contributed by atoms with van der Waals surface area (Å²) in [5, 5.41) is 3.45. The molecule has 0 aromatic carbocycles. The Bertz CT molecular complexity index is 344. The van der Waals surface area contributed by atoms with Crippen molar-refractivity contribution in [1.29, 1.82) is 0 Å². The maximum atomic E-state index is 3.45. The Morgan fingerprint density at radius 2 is 2.27 bits per heavy atom.